The summed E-state index contributed by atoms with van der Waals surface area (Å²) in [7, 11) is 0. The van der Waals surface area contributed by atoms with Crippen molar-refractivity contribution in [1.29, 1.82) is 10.5 Å². The zero-order chi connectivity index (χ0) is 21.4. The van der Waals surface area contributed by atoms with Crippen molar-refractivity contribution < 1.29 is 0 Å². The normalized spacial score (nSPS) is 16.2. The fourth-order valence-electron chi connectivity index (χ4n) is 3.42. The largest absolute Gasteiger partial charge is 0.384 e. The Morgan fingerprint density at radius 3 is 2.33 bits per heavy atom. The van der Waals surface area contributed by atoms with Gasteiger partial charge in [0.1, 0.15) is 10.5 Å². The Balaban J connectivity index is 2.07. The van der Waals surface area contributed by atoms with Crippen LogP contribution in [0.25, 0.3) is 17.5 Å². The van der Waals surface area contributed by atoms with Gasteiger partial charge < -0.3 is 5.73 Å². The first-order valence-corrected chi connectivity index (χ1v) is 11.1. The summed E-state index contributed by atoms with van der Waals surface area (Å²) in [6.45, 7) is 0. The van der Waals surface area contributed by atoms with E-state index in [1.807, 2.05) is 48.5 Å². The smallest absolute Gasteiger partial charge is 0.274 e. The summed E-state index contributed by atoms with van der Waals surface area (Å²) in [5, 5.41) is 19.8. The Labute approximate surface area is 192 Å². The molecule has 2 aromatic carbocycles. The van der Waals surface area contributed by atoms with Gasteiger partial charge in [0.2, 0.25) is 0 Å². The SMILES string of the molecule is N#CC1=C(N)n2c(s/c(=C/c3cccc(Br)c3)c2=O)=C(C#N)[C@H]1c1cccc(Br)c1. The second kappa shape index (κ2) is 8.08. The molecule has 0 fully saturated rings. The van der Waals surface area contributed by atoms with Crippen molar-refractivity contribution in [2.75, 3.05) is 0 Å². The van der Waals surface area contributed by atoms with Gasteiger partial charge >= 0.3 is 0 Å². The molecule has 0 aliphatic carbocycles. The number of nitrogens with zero attached hydrogens (tertiary/aromatic N) is 3. The molecule has 4 rings (SSSR count). The van der Waals surface area contributed by atoms with Gasteiger partial charge in [-0.05, 0) is 41.5 Å². The molecular formula is C22H12Br2N4OS. The number of aromatic nitrogens is 1. The third-order valence-electron chi connectivity index (χ3n) is 4.72. The average molecular weight is 540 g/mol. The summed E-state index contributed by atoms with van der Waals surface area (Å²) in [5.41, 5.74) is 8.05. The summed E-state index contributed by atoms with van der Waals surface area (Å²) in [5.74, 6) is -0.569. The van der Waals surface area contributed by atoms with Crippen LogP contribution in [0, 0.1) is 22.7 Å². The fourth-order valence-corrected chi connectivity index (χ4v) is 5.38. The van der Waals surface area contributed by atoms with E-state index >= 15 is 0 Å². The van der Waals surface area contributed by atoms with E-state index in [1.165, 1.54) is 15.9 Å². The number of halogens is 2. The molecule has 146 valence electrons. The first-order chi connectivity index (χ1) is 14.4. The van der Waals surface area contributed by atoms with Crippen LogP contribution in [0.15, 0.2) is 67.8 Å². The third-order valence-corrected chi connectivity index (χ3v) is 6.81. The molecule has 1 aliphatic heterocycles. The molecule has 1 atom stereocenters. The van der Waals surface area contributed by atoms with E-state index in [1.54, 1.807) is 6.08 Å². The quantitative estimate of drug-likeness (QED) is 0.540. The molecule has 1 aromatic heterocycles. The first-order valence-electron chi connectivity index (χ1n) is 8.73. The molecule has 2 N–H and O–H groups in total. The summed E-state index contributed by atoms with van der Waals surface area (Å²) in [6.07, 6.45) is 1.76. The minimum Gasteiger partial charge on any atom is -0.384 e. The Morgan fingerprint density at radius 1 is 1.03 bits per heavy atom. The van der Waals surface area contributed by atoms with Gasteiger partial charge in [0, 0.05) is 8.95 Å². The summed E-state index contributed by atoms with van der Waals surface area (Å²) in [4.78, 5) is 13.1. The van der Waals surface area contributed by atoms with E-state index in [2.05, 4.69) is 44.0 Å². The molecule has 0 amide bonds. The standard InChI is InChI=1S/C22H12Br2N4OS/c23-14-5-1-3-12(7-14)8-18-21(29)28-20(27)16(10-25)19(17(11-26)22(28)30-18)13-4-2-6-15(24)9-13/h1-9,19H,27H2/b18-8+/t19-/m0/s1. The van der Waals surface area contributed by atoms with Crippen LogP contribution in [0.2, 0.25) is 0 Å². The minimum atomic E-state index is -0.630. The van der Waals surface area contributed by atoms with Crippen molar-refractivity contribution in [3.05, 3.63) is 93.7 Å². The first kappa shape index (κ1) is 20.4. The molecule has 30 heavy (non-hydrogen) atoms. The molecule has 0 saturated carbocycles. The van der Waals surface area contributed by atoms with Gasteiger partial charge in [-0.1, -0.05) is 56.1 Å². The highest BCUT2D eigenvalue weighted by Gasteiger charge is 2.32. The lowest BCUT2D eigenvalue weighted by Crippen LogP contribution is -2.38. The molecule has 0 spiro atoms. The van der Waals surface area contributed by atoms with Crippen LogP contribution in [0.5, 0.6) is 0 Å². The second-order valence-electron chi connectivity index (χ2n) is 6.54. The van der Waals surface area contributed by atoms with E-state index in [0.29, 0.717) is 14.8 Å². The van der Waals surface area contributed by atoms with Crippen LogP contribution in [-0.2, 0) is 0 Å². The zero-order valence-electron chi connectivity index (χ0n) is 15.3. The molecule has 8 heteroatoms. The van der Waals surface area contributed by atoms with Crippen molar-refractivity contribution in [1.82, 2.24) is 4.57 Å². The molecule has 1 aliphatic rings. The average Bonchev–Trinajstić information content (AvgIpc) is 3.04. The highest BCUT2D eigenvalue weighted by atomic mass is 79.9. The number of hydrogen-bond acceptors (Lipinski definition) is 5. The van der Waals surface area contributed by atoms with Crippen molar-refractivity contribution >= 4 is 60.7 Å². The van der Waals surface area contributed by atoms with Gasteiger partial charge in [0.15, 0.2) is 0 Å². The van der Waals surface area contributed by atoms with Gasteiger partial charge in [-0.3, -0.25) is 9.36 Å². The van der Waals surface area contributed by atoms with E-state index < -0.39 is 5.92 Å². The van der Waals surface area contributed by atoms with E-state index in [0.717, 1.165) is 20.1 Å². The van der Waals surface area contributed by atoms with E-state index in [4.69, 9.17) is 5.73 Å². The number of nitriles is 2. The number of allylic oxidation sites excluding steroid dienone is 1. The number of thiazole rings is 1. The van der Waals surface area contributed by atoms with Crippen molar-refractivity contribution in [2.45, 2.75) is 5.92 Å². The molecule has 0 radical (unpaired) electrons. The summed E-state index contributed by atoms with van der Waals surface area (Å²) < 4.78 is 3.88. The van der Waals surface area contributed by atoms with Crippen LogP contribution < -0.4 is 20.5 Å². The van der Waals surface area contributed by atoms with Crippen LogP contribution >= 0.6 is 43.2 Å². The zero-order valence-corrected chi connectivity index (χ0v) is 19.3. The van der Waals surface area contributed by atoms with Gasteiger partial charge in [0.25, 0.3) is 5.56 Å². The van der Waals surface area contributed by atoms with Gasteiger partial charge in [-0.2, -0.15) is 10.5 Å². The molecule has 3 aromatic rings. The van der Waals surface area contributed by atoms with Crippen molar-refractivity contribution in [2.24, 2.45) is 5.73 Å². The van der Waals surface area contributed by atoms with Crippen LogP contribution in [-0.4, -0.2) is 4.57 Å². The number of benzene rings is 2. The van der Waals surface area contributed by atoms with Crippen molar-refractivity contribution in [3.63, 3.8) is 0 Å². The summed E-state index contributed by atoms with van der Waals surface area (Å²) >= 11 is 8.06. The third kappa shape index (κ3) is 3.44. The Kier molecular flexibility index (Phi) is 5.48. The lowest BCUT2D eigenvalue weighted by molar-refractivity contribution is 0.906. The monoisotopic (exact) mass is 538 g/mol. The molecule has 2 heterocycles. The molecule has 0 bridgehead atoms. The molecule has 0 unspecified atom stereocenters. The van der Waals surface area contributed by atoms with Crippen LogP contribution in [0.1, 0.15) is 17.0 Å². The van der Waals surface area contributed by atoms with E-state index in [9.17, 15) is 15.3 Å². The maximum Gasteiger partial charge on any atom is 0.274 e. The predicted octanol–water partition coefficient (Wildman–Crippen LogP) is 3.39. The lowest BCUT2D eigenvalue weighted by atomic mass is 9.84. The maximum atomic E-state index is 13.1. The van der Waals surface area contributed by atoms with Crippen LogP contribution in [0.4, 0.5) is 0 Å². The fraction of sp³-hybridized carbons (Fsp3) is 0.0455. The Morgan fingerprint density at radius 2 is 1.70 bits per heavy atom. The number of rotatable bonds is 2. The van der Waals surface area contributed by atoms with E-state index in [-0.39, 0.29) is 17.0 Å². The highest BCUT2D eigenvalue weighted by Crippen LogP contribution is 2.36. The minimum absolute atomic E-state index is 0.0617. The molecule has 5 nitrogen and oxygen atoms in total. The highest BCUT2D eigenvalue weighted by molar-refractivity contribution is 9.10. The van der Waals surface area contributed by atoms with Gasteiger partial charge in [-0.25, -0.2) is 0 Å². The van der Waals surface area contributed by atoms with Crippen molar-refractivity contribution in [3.8, 4) is 12.1 Å². The molecule has 0 saturated heterocycles. The Hall–Kier alpha value is -2.91. The number of fused-ring (bicyclic) bond motifs is 1. The maximum absolute atomic E-state index is 13.1. The summed E-state index contributed by atoms with van der Waals surface area (Å²) in [6, 6.07) is 19.3. The topological polar surface area (TPSA) is 95.6 Å². The number of hydrogen-bond donors (Lipinski definition) is 1. The molecular weight excluding hydrogens is 528 g/mol. The van der Waals surface area contributed by atoms with Gasteiger partial charge in [-0.15, -0.1) is 11.3 Å². The predicted molar refractivity (Wildman–Crippen MR) is 124 cm³/mol. The van der Waals surface area contributed by atoms with Gasteiger partial charge in [0.05, 0.1) is 33.7 Å². The lowest BCUT2D eigenvalue weighted by Gasteiger charge is -2.22. The number of nitrogens with two attached hydrogens (primary N) is 1. The van der Waals surface area contributed by atoms with Crippen LogP contribution in [0.3, 0.4) is 0 Å². The Bertz CT molecular complexity index is 1480. The second-order valence-corrected chi connectivity index (χ2v) is 9.40.